The Morgan fingerprint density at radius 3 is 3.04 bits per heavy atom. The van der Waals surface area contributed by atoms with Crippen LogP contribution in [0.15, 0.2) is 49.1 Å². The molecule has 3 aromatic rings. The molecule has 1 fully saturated rings. The molecule has 1 atom stereocenters. The fourth-order valence-corrected chi connectivity index (χ4v) is 3.42. The molecule has 1 amide bonds. The number of aromatic nitrogens is 4. The van der Waals surface area contributed by atoms with E-state index in [-0.39, 0.29) is 11.9 Å². The maximum Gasteiger partial charge on any atom is 0.257 e. The van der Waals surface area contributed by atoms with Gasteiger partial charge < -0.3 is 14.8 Å². The molecule has 4 rings (SSSR count). The van der Waals surface area contributed by atoms with Crippen molar-refractivity contribution in [2.75, 3.05) is 19.6 Å². The number of halogens is 1. The van der Waals surface area contributed by atoms with Crippen LogP contribution in [0.4, 0.5) is 0 Å². The quantitative estimate of drug-likeness (QED) is 0.766. The molecule has 1 aliphatic rings. The van der Waals surface area contributed by atoms with Crippen molar-refractivity contribution in [3.8, 4) is 5.69 Å². The first-order valence-corrected chi connectivity index (χ1v) is 8.81. The number of amides is 1. The van der Waals surface area contributed by atoms with Crippen molar-refractivity contribution >= 4 is 17.5 Å². The molecule has 26 heavy (non-hydrogen) atoms. The number of rotatable bonds is 3. The highest BCUT2D eigenvalue weighted by Crippen LogP contribution is 2.23. The molecule has 7 nitrogen and oxygen atoms in total. The number of hydrogen-bond donors (Lipinski definition) is 1. The second-order valence-corrected chi connectivity index (χ2v) is 6.70. The van der Waals surface area contributed by atoms with Crippen molar-refractivity contribution in [3.63, 3.8) is 0 Å². The number of nitrogens with zero attached hydrogens (tertiary/aromatic N) is 5. The van der Waals surface area contributed by atoms with Crippen LogP contribution in [0.25, 0.3) is 5.69 Å². The zero-order valence-corrected chi connectivity index (χ0v) is 15.1. The molecule has 1 aliphatic heterocycles. The fraction of sp³-hybridized carbons (Fsp3) is 0.278. The molecule has 0 spiro atoms. The summed E-state index contributed by atoms with van der Waals surface area (Å²) in [6, 6.07) is 7.26. The number of carbonyl (C=O) groups excluding carboxylic acids is 1. The lowest BCUT2D eigenvalue weighted by molar-refractivity contribution is 0.0621. The minimum absolute atomic E-state index is 0.0484. The minimum Gasteiger partial charge on any atom is -0.336 e. The predicted octanol–water partition coefficient (Wildman–Crippen LogP) is 2.05. The Labute approximate surface area is 156 Å². The Hall–Kier alpha value is -2.64. The summed E-state index contributed by atoms with van der Waals surface area (Å²) in [5.41, 5.74) is 1.36. The number of carbonyl (C=O) groups is 1. The summed E-state index contributed by atoms with van der Waals surface area (Å²) in [4.78, 5) is 19.4. The molecule has 1 unspecified atom stereocenters. The van der Waals surface area contributed by atoms with E-state index in [1.165, 1.54) is 0 Å². The summed E-state index contributed by atoms with van der Waals surface area (Å²) in [5, 5.41) is 8.29. The summed E-state index contributed by atoms with van der Waals surface area (Å²) in [7, 11) is 1.94. The van der Waals surface area contributed by atoms with Crippen LogP contribution >= 0.6 is 11.6 Å². The highest BCUT2D eigenvalue weighted by Gasteiger charge is 2.31. The van der Waals surface area contributed by atoms with Crippen molar-refractivity contribution in [1.29, 1.82) is 0 Å². The lowest BCUT2D eigenvalue weighted by Crippen LogP contribution is -2.49. The SMILES string of the molecule is Cn1ccnc1C1CNCCN1C(=O)c1cnn(-c2cccc(Cl)c2)c1. The monoisotopic (exact) mass is 370 g/mol. The molecular weight excluding hydrogens is 352 g/mol. The highest BCUT2D eigenvalue weighted by atomic mass is 35.5. The maximum absolute atomic E-state index is 13.1. The van der Waals surface area contributed by atoms with Gasteiger partial charge in [-0.2, -0.15) is 5.10 Å². The molecule has 0 radical (unpaired) electrons. The second kappa shape index (κ2) is 6.93. The Balaban J connectivity index is 1.61. The number of benzene rings is 1. The molecule has 0 saturated carbocycles. The van der Waals surface area contributed by atoms with Gasteiger partial charge in [0.05, 0.1) is 17.4 Å². The van der Waals surface area contributed by atoms with E-state index >= 15 is 0 Å². The van der Waals surface area contributed by atoms with Crippen LogP contribution in [0.3, 0.4) is 0 Å². The first-order valence-electron chi connectivity index (χ1n) is 8.43. The van der Waals surface area contributed by atoms with Crippen LogP contribution in [0.5, 0.6) is 0 Å². The van der Waals surface area contributed by atoms with Crippen molar-refractivity contribution in [3.05, 3.63) is 65.5 Å². The predicted molar refractivity (Wildman–Crippen MR) is 98.4 cm³/mol. The van der Waals surface area contributed by atoms with Gasteiger partial charge in [-0.05, 0) is 18.2 Å². The van der Waals surface area contributed by atoms with Crippen molar-refractivity contribution < 1.29 is 4.79 Å². The first-order chi connectivity index (χ1) is 12.6. The average Bonchev–Trinajstić information content (AvgIpc) is 3.30. The van der Waals surface area contributed by atoms with E-state index in [9.17, 15) is 4.79 Å². The Bertz CT molecular complexity index is 933. The van der Waals surface area contributed by atoms with Gasteiger partial charge in [-0.15, -0.1) is 0 Å². The molecule has 2 aromatic heterocycles. The largest absolute Gasteiger partial charge is 0.336 e. The summed E-state index contributed by atoms with van der Waals surface area (Å²) < 4.78 is 3.62. The normalized spacial score (nSPS) is 17.5. The molecule has 0 bridgehead atoms. The van der Waals surface area contributed by atoms with Crippen molar-refractivity contribution in [2.45, 2.75) is 6.04 Å². The van der Waals surface area contributed by atoms with E-state index in [1.54, 1.807) is 29.3 Å². The third-order valence-electron chi connectivity index (χ3n) is 4.56. The molecule has 1 saturated heterocycles. The van der Waals surface area contributed by atoms with Crippen LogP contribution in [0, 0.1) is 0 Å². The lowest BCUT2D eigenvalue weighted by Gasteiger charge is -2.35. The third-order valence-corrected chi connectivity index (χ3v) is 4.80. The summed E-state index contributed by atoms with van der Waals surface area (Å²) >= 11 is 6.04. The van der Waals surface area contributed by atoms with E-state index in [0.29, 0.717) is 23.7 Å². The van der Waals surface area contributed by atoms with E-state index in [1.807, 2.05) is 40.9 Å². The van der Waals surface area contributed by atoms with E-state index < -0.39 is 0 Å². The van der Waals surface area contributed by atoms with Gasteiger partial charge >= 0.3 is 0 Å². The van der Waals surface area contributed by atoms with Gasteiger partial charge in [0.2, 0.25) is 0 Å². The number of imidazole rings is 1. The van der Waals surface area contributed by atoms with Crippen LogP contribution < -0.4 is 5.32 Å². The van der Waals surface area contributed by atoms with E-state index in [2.05, 4.69) is 15.4 Å². The van der Waals surface area contributed by atoms with Crippen LogP contribution in [-0.2, 0) is 7.05 Å². The van der Waals surface area contributed by atoms with Gasteiger partial charge in [0.1, 0.15) is 11.9 Å². The first kappa shape index (κ1) is 16.8. The Morgan fingerprint density at radius 1 is 1.38 bits per heavy atom. The number of aryl methyl sites for hydroxylation is 1. The standard InChI is InChI=1S/C18H19ClN6O/c1-23-7-6-21-17(23)16-11-20-5-8-24(16)18(26)13-10-22-25(12-13)15-4-2-3-14(19)9-15/h2-4,6-7,9-10,12,16,20H,5,8,11H2,1H3. The van der Waals surface area contributed by atoms with Crippen LogP contribution in [0.2, 0.25) is 5.02 Å². The highest BCUT2D eigenvalue weighted by molar-refractivity contribution is 6.30. The number of nitrogens with one attached hydrogen (secondary N) is 1. The maximum atomic E-state index is 13.1. The summed E-state index contributed by atoms with van der Waals surface area (Å²) in [5.74, 6) is 0.820. The van der Waals surface area contributed by atoms with E-state index in [0.717, 1.165) is 18.1 Å². The van der Waals surface area contributed by atoms with Gasteiger partial charge in [0.15, 0.2) is 0 Å². The van der Waals surface area contributed by atoms with Gasteiger partial charge in [-0.25, -0.2) is 9.67 Å². The van der Waals surface area contributed by atoms with Crippen LogP contribution in [0.1, 0.15) is 22.2 Å². The molecule has 134 valence electrons. The Kier molecular flexibility index (Phi) is 4.48. The molecule has 8 heteroatoms. The lowest BCUT2D eigenvalue weighted by atomic mass is 10.1. The Morgan fingerprint density at radius 2 is 2.27 bits per heavy atom. The second-order valence-electron chi connectivity index (χ2n) is 6.27. The average molecular weight is 371 g/mol. The van der Waals surface area contributed by atoms with Gasteiger partial charge in [-0.3, -0.25) is 4.79 Å². The molecule has 1 aromatic carbocycles. The zero-order valence-electron chi connectivity index (χ0n) is 14.3. The number of hydrogen-bond acceptors (Lipinski definition) is 4. The topological polar surface area (TPSA) is 68.0 Å². The molecule has 1 N–H and O–H groups in total. The van der Waals surface area contributed by atoms with Gasteiger partial charge in [0, 0.05) is 50.3 Å². The minimum atomic E-state index is -0.106. The van der Waals surface area contributed by atoms with Crippen molar-refractivity contribution in [1.82, 2.24) is 29.5 Å². The van der Waals surface area contributed by atoms with E-state index in [4.69, 9.17) is 11.6 Å². The van der Waals surface area contributed by atoms with Crippen LogP contribution in [-0.4, -0.2) is 49.8 Å². The summed E-state index contributed by atoms with van der Waals surface area (Å²) in [6.07, 6.45) is 6.99. The van der Waals surface area contributed by atoms with Crippen molar-refractivity contribution in [2.24, 2.45) is 7.05 Å². The zero-order chi connectivity index (χ0) is 18.1. The summed E-state index contributed by atoms with van der Waals surface area (Å²) in [6.45, 7) is 2.06. The number of piperazine rings is 1. The molecule has 3 heterocycles. The third kappa shape index (κ3) is 3.11. The molecular formula is C18H19ClN6O. The van der Waals surface area contributed by atoms with Gasteiger partial charge in [-0.1, -0.05) is 17.7 Å². The fourth-order valence-electron chi connectivity index (χ4n) is 3.24. The smallest absolute Gasteiger partial charge is 0.257 e. The van der Waals surface area contributed by atoms with Gasteiger partial charge in [0.25, 0.3) is 5.91 Å². The molecule has 0 aliphatic carbocycles.